The van der Waals surface area contributed by atoms with Gasteiger partial charge < -0.3 is 0 Å². The minimum absolute atomic E-state index is 0.229. The second kappa shape index (κ2) is 6.69. The molecule has 0 aliphatic heterocycles. The molecule has 0 aromatic heterocycles. The van der Waals surface area contributed by atoms with E-state index in [1.165, 1.54) is 12.1 Å². The van der Waals surface area contributed by atoms with Gasteiger partial charge in [-0.05, 0) is 30.5 Å². The molecular weight excluding hydrogens is 333 g/mol. The molecule has 0 heterocycles. The zero-order valence-corrected chi connectivity index (χ0v) is 12.8. The predicted molar refractivity (Wildman–Crippen MR) is 75.8 cm³/mol. The molecule has 0 aliphatic carbocycles. The second-order valence-corrected chi connectivity index (χ2v) is 6.31. The first kappa shape index (κ1) is 17.5. The average molecular weight is 346 g/mol. The van der Waals surface area contributed by atoms with Gasteiger partial charge in [0.1, 0.15) is 0 Å². The summed E-state index contributed by atoms with van der Waals surface area (Å²) in [5.74, 6) is 0. The maximum Gasteiger partial charge on any atom is 0.550 e. The molecule has 2 aromatic carbocycles. The van der Waals surface area contributed by atoms with Crippen LogP contribution in [0.3, 0.4) is 0 Å². The van der Waals surface area contributed by atoms with Gasteiger partial charge in [-0.2, -0.15) is 8.42 Å². The minimum Gasteiger partial charge on any atom is -0.192 e. The summed E-state index contributed by atoms with van der Waals surface area (Å²) in [6.07, 6.45) is -4.98. The van der Waals surface area contributed by atoms with E-state index >= 15 is 0 Å². The Kier molecular flexibility index (Phi) is 5.08. The third-order valence-corrected chi connectivity index (χ3v) is 4.12. The fraction of sp³-hybridized carbons (Fsp3) is 0.200. The zero-order chi connectivity index (χ0) is 17.1. The molecule has 2 rings (SSSR count). The van der Waals surface area contributed by atoms with E-state index in [0.717, 1.165) is 11.1 Å². The Hall–Kier alpha value is -1.90. The minimum atomic E-state index is -5.21. The van der Waals surface area contributed by atoms with Gasteiger partial charge >= 0.3 is 16.5 Å². The lowest BCUT2D eigenvalue weighted by Gasteiger charge is -2.12. The SMILES string of the molecule is Cc1ccc(S(=O)(=O)OOC(F)(F)F)c(Cc2ccccc2)c1. The van der Waals surface area contributed by atoms with Crippen LogP contribution < -0.4 is 0 Å². The molecule has 124 valence electrons. The molecule has 0 atom stereocenters. The topological polar surface area (TPSA) is 52.6 Å². The van der Waals surface area contributed by atoms with Gasteiger partial charge in [-0.15, -0.1) is 18.1 Å². The van der Waals surface area contributed by atoms with E-state index in [9.17, 15) is 21.6 Å². The summed E-state index contributed by atoms with van der Waals surface area (Å²) in [6, 6.07) is 13.2. The van der Waals surface area contributed by atoms with Gasteiger partial charge in [0.25, 0.3) is 0 Å². The Balaban J connectivity index is 2.35. The quantitative estimate of drug-likeness (QED) is 0.611. The third kappa shape index (κ3) is 5.05. The summed E-state index contributed by atoms with van der Waals surface area (Å²) in [5.41, 5.74) is 1.90. The molecule has 4 nitrogen and oxygen atoms in total. The van der Waals surface area contributed by atoms with Crippen LogP contribution in [-0.2, 0) is 25.8 Å². The number of alkyl halides is 3. The Morgan fingerprint density at radius 3 is 2.30 bits per heavy atom. The highest BCUT2D eigenvalue weighted by Gasteiger charge is 2.35. The lowest BCUT2D eigenvalue weighted by atomic mass is 10.0. The molecule has 0 aliphatic rings. The Labute approximate surface area is 131 Å². The largest absolute Gasteiger partial charge is 0.550 e. The molecule has 0 bridgehead atoms. The Morgan fingerprint density at radius 1 is 1.04 bits per heavy atom. The van der Waals surface area contributed by atoms with Crippen molar-refractivity contribution in [3.63, 3.8) is 0 Å². The molecule has 0 unspecified atom stereocenters. The summed E-state index contributed by atoms with van der Waals surface area (Å²) < 4.78 is 63.6. The van der Waals surface area contributed by atoms with Crippen LogP contribution in [0, 0.1) is 6.92 Å². The lowest BCUT2D eigenvalue weighted by Crippen LogP contribution is -2.18. The Bertz CT molecular complexity index is 771. The molecule has 0 fully saturated rings. The lowest BCUT2D eigenvalue weighted by molar-refractivity contribution is -0.443. The monoisotopic (exact) mass is 346 g/mol. The van der Waals surface area contributed by atoms with Crippen LogP contribution in [0.5, 0.6) is 0 Å². The number of aryl methyl sites for hydroxylation is 1. The average Bonchev–Trinajstić information content (AvgIpc) is 2.45. The smallest absolute Gasteiger partial charge is 0.192 e. The van der Waals surface area contributed by atoms with Gasteiger partial charge in [0.2, 0.25) is 0 Å². The molecule has 0 amide bonds. The van der Waals surface area contributed by atoms with Crippen LogP contribution in [0.2, 0.25) is 0 Å². The number of halogens is 3. The normalized spacial score (nSPS) is 12.3. The van der Waals surface area contributed by atoms with E-state index in [4.69, 9.17) is 0 Å². The van der Waals surface area contributed by atoms with Crippen LogP contribution in [0.15, 0.2) is 53.4 Å². The fourth-order valence-corrected chi connectivity index (χ4v) is 2.95. The molecule has 0 saturated carbocycles. The van der Waals surface area contributed by atoms with E-state index in [2.05, 4.69) is 9.22 Å². The van der Waals surface area contributed by atoms with E-state index in [1.54, 1.807) is 43.3 Å². The van der Waals surface area contributed by atoms with Crippen molar-refractivity contribution in [1.29, 1.82) is 0 Å². The van der Waals surface area contributed by atoms with Crippen LogP contribution in [0.4, 0.5) is 13.2 Å². The van der Waals surface area contributed by atoms with Crippen molar-refractivity contribution in [1.82, 2.24) is 0 Å². The highest BCUT2D eigenvalue weighted by Crippen LogP contribution is 2.25. The van der Waals surface area contributed by atoms with Gasteiger partial charge in [-0.25, -0.2) is 0 Å². The van der Waals surface area contributed by atoms with Gasteiger partial charge in [0.15, 0.2) is 0 Å². The summed E-state index contributed by atoms with van der Waals surface area (Å²) in [4.78, 5) is 2.63. The molecule has 8 heteroatoms. The van der Waals surface area contributed by atoms with Crippen molar-refractivity contribution < 1.29 is 30.8 Å². The van der Waals surface area contributed by atoms with Crippen LogP contribution >= 0.6 is 0 Å². The molecular formula is C15H13F3O4S. The maximum atomic E-state index is 12.0. The van der Waals surface area contributed by atoms with Crippen molar-refractivity contribution >= 4 is 10.1 Å². The highest BCUT2D eigenvalue weighted by molar-refractivity contribution is 7.86. The first-order valence-electron chi connectivity index (χ1n) is 6.50. The number of hydrogen-bond acceptors (Lipinski definition) is 4. The second-order valence-electron chi connectivity index (χ2n) is 4.82. The summed E-state index contributed by atoms with van der Waals surface area (Å²) in [6.45, 7) is 1.75. The summed E-state index contributed by atoms with van der Waals surface area (Å²) in [7, 11) is -4.70. The van der Waals surface area contributed by atoms with Crippen molar-refractivity contribution in [2.45, 2.75) is 24.6 Å². The van der Waals surface area contributed by atoms with Gasteiger partial charge in [0.05, 0.1) is 4.90 Å². The molecule has 0 spiro atoms. The first-order valence-corrected chi connectivity index (χ1v) is 7.91. The third-order valence-electron chi connectivity index (χ3n) is 2.94. The zero-order valence-electron chi connectivity index (χ0n) is 12.0. The predicted octanol–water partition coefficient (Wildman–Crippen LogP) is 3.74. The number of rotatable bonds is 5. The molecule has 0 radical (unpaired) electrons. The molecule has 23 heavy (non-hydrogen) atoms. The first-order chi connectivity index (χ1) is 10.7. The summed E-state index contributed by atoms with van der Waals surface area (Å²) in [5, 5.41) is 0. The molecule has 0 saturated heterocycles. The maximum absolute atomic E-state index is 12.0. The van der Waals surface area contributed by atoms with Gasteiger partial charge in [-0.3, -0.25) is 0 Å². The van der Waals surface area contributed by atoms with E-state index < -0.39 is 16.5 Å². The van der Waals surface area contributed by atoms with Crippen molar-refractivity contribution in [3.8, 4) is 0 Å². The van der Waals surface area contributed by atoms with E-state index in [0.29, 0.717) is 5.56 Å². The highest BCUT2D eigenvalue weighted by atomic mass is 32.2. The van der Waals surface area contributed by atoms with E-state index in [1.807, 2.05) is 0 Å². The van der Waals surface area contributed by atoms with Crippen LogP contribution in [0.1, 0.15) is 16.7 Å². The Morgan fingerprint density at radius 2 is 1.70 bits per heavy atom. The van der Waals surface area contributed by atoms with Crippen LogP contribution in [0.25, 0.3) is 0 Å². The van der Waals surface area contributed by atoms with Crippen LogP contribution in [-0.4, -0.2) is 14.8 Å². The van der Waals surface area contributed by atoms with Crippen molar-refractivity contribution in [2.24, 2.45) is 0 Å². The van der Waals surface area contributed by atoms with Gasteiger partial charge in [-0.1, -0.05) is 52.4 Å². The standard InChI is InChI=1S/C15H13F3O4S/c1-11-7-8-14(23(19,20)22-21-15(16,17)18)13(9-11)10-12-5-3-2-4-6-12/h2-9H,10H2,1H3. The van der Waals surface area contributed by atoms with Crippen molar-refractivity contribution in [3.05, 3.63) is 65.2 Å². The number of benzene rings is 2. The van der Waals surface area contributed by atoms with Crippen molar-refractivity contribution in [2.75, 3.05) is 0 Å². The summed E-state index contributed by atoms with van der Waals surface area (Å²) >= 11 is 0. The van der Waals surface area contributed by atoms with Gasteiger partial charge in [0, 0.05) is 0 Å². The number of hydrogen-bond donors (Lipinski definition) is 0. The molecule has 0 N–H and O–H groups in total. The molecule has 2 aromatic rings. The fourth-order valence-electron chi connectivity index (χ4n) is 2.03. The van der Waals surface area contributed by atoms with E-state index in [-0.39, 0.29) is 11.3 Å².